The molecule has 0 aliphatic carbocycles. The molecule has 160 valence electrons. The summed E-state index contributed by atoms with van der Waals surface area (Å²) in [5.74, 6) is -1.01. The maximum absolute atomic E-state index is 14.3. The van der Waals surface area contributed by atoms with Gasteiger partial charge in [-0.3, -0.25) is 9.59 Å². The molecule has 5 nitrogen and oxygen atoms in total. The molecule has 3 rings (SSSR count). The van der Waals surface area contributed by atoms with Crippen molar-refractivity contribution in [3.05, 3.63) is 59.4 Å². The zero-order valence-electron chi connectivity index (χ0n) is 17.9. The van der Waals surface area contributed by atoms with Gasteiger partial charge in [-0.15, -0.1) is 0 Å². The van der Waals surface area contributed by atoms with Crippen LogP contribution in [0, 0.1) is 5.82 Å². The van der Waals surface area contributed by atoms with Gasteiger partial charge in [0.1, 0.15) is 11.5 Å². The van der Waals surface area contributed by atoms with Gasteiger partial charge < -0.3 is 15.5 Å². The number of amides is 2. The second-order valence-corrected chi connectivity index (χ2v) is 8.71. The van der Waals surface area contributed by atoms with Gasteiger partial charge >= 0.3 is 0 Å². The van der Waals surface area contributed by atoms with E-state index in [0.29, 0.717) is 11.3 Å². The van der Waals surface area contributed by atoms with E-state index in [0.717, 1.165) is 31.5 Å². The third kappa shape index (κ3) is 5.38. The Balaban J connectivity index is 1.54. The van der Waals surface area contributed by atoms with E-state index < -0.39 is 5.82 Å². The molecule has 0 spiro atoms. The Morgan fingerprint density at radius 3 is 2.33 bits per heavy atom. The Morgan fingerprint density at radius 1 is 1.03 bits per heavy atom. The number of para-hydroxylation sites is 1. The van der Waals surface area contributed by atoms with Crippen molar-refractivity contribution >= 4 is 23.2 Å². The number of hydrogen-bond acceptors (Lipinski definition) is 3. The molecule has 2 aromatic carbocycles. The SMILES string of the molecule is CC(C)(C)c1ccc(C(=O)NCCC(=O)Nc2c(F)cccc2N2CCCC2)cc1. The van der Waals surface area contributed by atoms with E-state index in [9.17, 15) is 14.0 Å². The van der Waals surface area contributed by atoms with E-state index in [2.05, 4.69) is 36.3 Å². The average molecular weight is 412 g/mol. The Hall–Kier alpha value is -2.89. The van der Waals surface area contributed by atoms with Crippen LogP contribution < -0.4 is 15.5 Å². The molecule has 30 heavy (non-hydrogen) atoms. The normalized spacial score (nSPS) is 13.9. The van der Waals surface area contributed by atoms with Crippen LogP contribution in [0.2, 0.25) is 0 Å². The molecular weight excluding hydrogens is 381 g/mol. The Bertz CT molecular complexity index is 898. The number of carbonyl (C=O) groups excluding carboxylic acids is 2. The summed E-state index contributed by atoms with van der Waals surface area (Å²) in [5.41, 5.74) is 2.65. The van der Waals surface area contributed by atoms with Gasteiger partial charge in [-0.05, 0) is 48.1 Å². The number of benzene rings is 2. The van der Waals surface area contributed by atoms with Crippen molar-refractivity contribution in [1.82, 2.24) is 5.32 Å². The minimum absolute atomic E-state index is 0.0216. The summed E-state index contributed by atoms with van der Waals surface area (Å²) in [6.45, 7) is 8.24. The van der Waals surface area contributed by atoms with Gasteiger partial charge in [-0.1, -0.05) is 39.0 Å². The van der Waals surface area contributed by atoms with Crippen LogP contribution in [0.25, 0.3) is 0 Å². The maximum atomic E-state index is 14.3. The molecule has 0 radical (unpaired) electrons. The fourth-order valence-corrected chi connectivity index (χ4v) is 3.57. The lowest BCUT2D eigenvalue weighted by Crippen LogP contribution is -2.28. The fraction of sp³-hybridized carbons (Fsp3) is 0.417. The Kier molecular flexibility index (Phi) is 6.75. The highest BCUT2D eigenvalue weighted by atomic mass is 19.1. The van der Waals surface area contributed by atoms with Gasteiger partial charge in [0.05, 0.1) is 5.69 Å². The summed E-state index contributed by atoms with van der Waals surface area (Å²) in [4.78, 5) is 26.8. The van der Waals surface area contributed by atoms with Gasteiger partial charge in [-0.2, -0.15) is 0 Å². The van der Waals surface area contributed by atoms with Crippen molar-refractivity contribution in [2.75, 3.05) is 29.9 Å². The monoisotopic (exact) mass is 411 g/mol. The number of halogens is 1. The van der Waals surface area contributed by atoms with Crippen molar-refractivity contribution in [1.29, 1.82) is 0 Å². The predicted molar refractivity (Wildman–Crippen MR) is 119 cm³/mol. The number of hydrogen-bond donors (Lipinski definition) is 2. The first-order valence-electron chi connectivity index (χ1n) is 10.5. The summed E-state index contributed by atoms with van der Waals surface area (Å²) >= 11 is 0. The second-order valence-electron chi connectivity index (χ2n) is 8.71. The highest BCUT2D eigenvalue weighted by molar-refractivity contribution is 5.96. The fourth-order valence-electron chi connectivity index (χ4n) is 3.57. The van der Waals surface area contributed by atoms with Crippen LogP contribution in [0.3, 0.4) is 0 Å². The number of nitrogens with zero attached hydrogens (tertiary/aromatic N) is 1. The summed E-state index contributed by atoms with van der Waals surface area (Å²) in [5, 5.41) is 5.44. The molecule has 6 heteroatoms. The van der Waals surface area contributed by atoms with Crippen molar-refractivity contribution in [2.24, 2.45) is 0 Å². The van der Waals surface area contributed by atoms with Crippen molar-refractivity contribution in [3.8, 4) is 0 Å². The summed E-state index contributed by atoms with van der Waals surface area (Å²) in [6.07, 6.45) is 2.19. The van der Waals surface area contributed by atoms with E-state index in [1.807, 2.05) is 18.2 Å². The molecule has 0 unspecified atom stereocenters. The summed E-state index contributed by atoms with van der Waals surface area (Å²) in [6, 6.07) is 12.3. The molecule has 0 bridgehead atoms. The van der Waals surface area contributed by atoms with Gasteiger partial charge in [0.25, 0.3) is 5.91 Å². The third-order valence-corrected chi connectivity index (χ3v) is 5.35. The number of anilines is 2. The van der Waals surface area contributed by atoms with Gasteiger partial charge in [0.15, 0.2) is 0 Å². The smallest absolute Gasteiger partial charge is 0.251 e. The molecule has 0 aromatic heterocycles. The molecule has 1 fully saturated rings. The van der Waals surface area contributed by atoms with Crippen LogP contribution in [0.5, 0.6) is 0 Å². The summed E-state index contributed by atoms with van der Waals surface area (Å²) < 4.78 is 14.3. The molecule has 1 saturated heterocycles. The topological polar surface area (TPSA) is 61.4 Å². The standard InChI is InChI=1S/C24H30FN3O2/c1-24(2,3)18-11-9-17(10-12-18)23(30)26-14-13-21(29)27-22-19(25)7-6-8-20(22)28-15-4-5-16-28/h6-12H,4-5,13-16H2,1-3H3,(H,26,30)(H,27,29). The number of nitrogens with one attached hydrogen (secondary N) is 2. The molecule has 1 aliphatic heterocycles. The van der Waals surface area contributed by atoms with E-state index in [4.69, 9.17) is 0 Å². The predicted octanol–water partition coefficient (Wildman–Crippen LogP) is 4.48. The molecule has 1 heterocycles. The lowest BCUT2D eigenvalue weighted by Gasteiger charge is -2.22. The van der Waals surface area contributed by atoms with E-state index in [1.54, 1.807) is 18.2 Å². The average Bonchev–Trinajstić information content (AvgIpc) is 3.23. The van der Waals surface area contributed by atoms with Crippen LogP contribution in [0.1, 0.15) is 56.0 Å². The van der Waals surface area contributed by atoms with E-state index in [-0.39, 0.29) is 35.9 Å². The zero-order chi connectivity index (χ0) is 21.7. The third-order valence-electron chi connectivity index (χ3n) is 5.35. The molecular formula is C24H30FN3O2. The first kappa shape index (κ1) is 21.8. The molecule has 2 N–H and O–H groups in total. The summed E-state index contributed by atoms with van der Waals surface area (Å²) in [7, 11) is 0. The van der Waals surface area contributed by atoms with Crippen LogP contribution in [-0.2, 0) is 10.2 Å². The Morgan fingerprint density at radius 2 is 1.70 bits per heavy atom. The second kappa shape index (κ2) is 9.28. The van der Waals surface area contributed by atoms with Crippen molar-refractivity contribution < 1.29 is 14.0 Å². The first-order valence-corrected chi connectivity index (χ1v) is 10.5. The molecule has 0 saturated carbocycles. The molecule has 2 amide bonds. The van der Waals surface area contributed by atoms with E-state index in [1.165, 1.54) is 6.07 Å². The molecule has 2 aromatic rings. The van der Waals surface area contributed by atoms with Crippen LogP contribution in [0.15, 0.2) is 42.5 Å². The zero-order valence-corrected chi connectivity index (χ0v) is 17.9. The van der Waals surface area contributed by atoms with Crippen LogP contribution >= 0.6 is 0 Å². The number of rotatable bonds is 6. The maximum Gasteiger partial charge on any atom is 0.251 e. The van der Waals surface area contributed by atoms with Gasteiger partial charge in [0.2, 0.25) is 5.91 Å². The van der Waals surface area contributed by atoms with Crippen molar-refractivity contribution in [3.63, 3.8) is 0 Å². The largest absolute Gasteiger partial charge is 0.370 e. The van der Waals surface area contributed by atoms with Crippen molar-refractivity contribution in [2.45, 2.75) is 45.4 Å². The minimum atomic E-state index is -0.448. The molecule has 0 atom stereocenters. The Labute approximate surface area is 177 Å². The van der Waals surface area contributed by atoms with Crippen LogP contribution in [0.4, 0.5) is 15.8 Å². The number of carbonyl (C=O) groups is 2. The van der Waals surface area contributed by atoms with E-state index >= 15 is 0 Å². The lowest BCUT2D eigenvalue weighted by molar-refractivity contribution is -0.116. The minimum Gasteiger partial charge on any atom is -0.370 e. The highest BCUT2D eigenvalue weighted by Crippen LogP contribution is 2.31. The first-order chi connectivity index (χ1) is 14.3. The van der Waals surface area contributed by atoms with Gasteiger partial charge in [-0.25, -0.2) is 4.39 Å². The highest BCUT2D eigenvalue weighted by Gasteiger charge is 2.20. The molecule has 1 aliphatic rings. The quantitative estimate of drug-likeness (QED) is 0.737. The lowest BCUT2D eigenvalue weighted by atomic mass is 9.87. The van der Waals surface area contributed by atoms with Crippen LogP contribution in [-0.4, -0.2) is 31.4 Å². The van der Waals surface area contributed by atoms with Gasteiger partial charge in [0, 0.05) is 31.6 Å².